The molecule has 0 saturated heterocycles. The Bertz CT molecular complexity index is 2160. The number of H-pyrrole nitrogens is 2. The molecule has 0 saturated carbocycles. The Morgan fingerprint density at radius 1 is 0.755 bits per heavy atom. The number of aromatic amines is 2. The minimum Gasteiger partial charge on any atom is -0.494 e. The number of carbonyl (C=O) groups is 2. The Kier molecular flexibility index (Phi) is 10.5. The fourth-order valence-electron chi connectivity index (χ4n) is 7.18. The second-order valence-electron chi connectivity index (χ2n) is 14.5. The highest BCUT2D eigenvalue weighted by Crippen LogP contribution is 2.41. The third-order valence-corrected chi connectivity index (χ3v) is 10.8. The summed E-state index contributed by atoms with van der Waals surface area (Å²) in [6.45, 7) is 10.5. The van der Waals surface area contributed by atoms with Gasteiger partial charge in [-0.2, -0.15) is 0 Å². The molecule has 1 aliphatic heterocycles. The van der Waals surface area contributed by atoms with Crippen molar-refractivity contribution in [3.05, 3.63) is 113 Å². The van der Waals surface area contributed by atoms with Crippen LogP contribution in [0.1, 0.15) is 89.0 Å². The molecule has 6 rings (SSSR count). The fourth-order valence-corrected chi connectivity index (χ4v) is 7.18. The largest absolute Gasteiger partial charge is 0.494 e. The lowest BCUT2D eigenvalue weighted by Crippen LogP contribution is -2.32. The van der Waals surface area contributed by atoms with Crippen LogP contribution < -0.4 is 25.8 Å². The molecule has 3 aromatic heterocycles. The Morgan fingerprint density at radius 3 is 1.87 bits per heavy atom. The number of rotatable bonds is 3. The molecule has 2 amide bonds. The first kappa shape index (κ1) is 37.0. The van der Waals surface area contributed by atoms with Crippen LogP contribution in [0.2, 0.25) is 0 Å². The third-order valence-electron chi connectivity index (χ3n) is 10.8. The van der Waals surface area contributed by atoms with Gasteiger partial charge < -0.3 is 35.8 Å². The molecule has 53 heavy (non-hydrogen) atoms. The molecule has 0 spiro atoms. The third kappa shape index (κ3) is 7.31. The molecule has 5 aromatic rings. The van der Waals surface area contributed by atoms with E-state index in [2.05, 4.69) is 72.6 Å². The highest BCUT2D eigenvalue weighted by molar-refractivity contribution is 5.95. The molecular formula is C43H50N6O4. The topological polar surface area (TPSA) is 147 Å². The van der Waals surface area contributed by atoms with E-state index < -0.39 is 10.8 Å². The number of hydrogen-bond acceptors (Lipinski definition) is 6. The first-order valence-corrected chi connectivity index (χ1v) is 18.1. The molecule has 10 nitrogen and oxygen atoms in total. The van der Waals surface area contributed by atoms with Gasteiger partial charge in [0.1, 0.15) is 0 Å². The van der Waals surface area contributed by atoms with Crippen molar-refractivity contribution in [1.29, 1.82) is 0 Å². The first-order valence-electron chi connectivity index (χ1n) is 18.1. The van der Waals surface area contributed by atoms with Crippen LogP contribution in [0.15, 0.2) is 90.6 Å². The molecule has 4 heterocycles. The first-order chi connectivity index (χ1) is 25.4. The van der Waals surface area contributed by atoms with Gasteiger partial charge in [-0.15, -0.1) is 0 Å². The second-order valence-corrected chi connectivity index (χ2v) is 14.5. The molecule has 0 radical (unpaired) electrons. The van der Waals surface area contributed by atoms with Crippen LogP contribution in [0, 0.1) is 0 Å². The molecule has 0 aliphatic carbocycles. The summed E-state index contributed by atoms with van der Waals surface area (Å²) in [7, 11) is 3.16. The minimum absolute atomic E-state index is 0.103. The maximum Gasteiger partial charge on any atom is 0.224 e. The van der Waals surface area contributed by atoms with Gasteiger partial charge in [0.2, 0.25) is 11.8 Å². The van der Waals surface area contributed by atoms with E-state index in [1.54, 1.807) is 14.2 Å². The average molecular weight is 715 g/mol. The number of carbonyl (C=O) groups excluding carboxylic acids is 2. The molecule has 10 heteroatoms. The number of anilines is 2. The van der Waals surface area contributed by atoms with E-state index in [1.165, 1.54) is 0 Å². The summed E-state index contributed by atoms with van der Waals surface area (Å²) in [6.07, 6.45) is 3.58. The highest BCUT2D eigenvalue weighted by atomic mass is 16.5. The number of hydrogen-bond donors (Lipinski definition) is 5. The van der Waals surface area contributed by atoms with Crippen LogP contribution in [0.3, 0.4) is 0 Å². The van der Waals surface area contributed by atoms with Gasteiger partial charge in [-0.1, -0.05) is 31.2 Å². The van der Waals surface area contributed by atoms with E-state index in [0.29, 0.717) is 64.8 Å². The molecule has 10 bridgehead atoms. The number of pyridine rings is 1. The zero-order valence-electron chi connectivity index (χ0n) is 31.6. The zero-order valence-corrected chi connectivity index (χ0v) is 31.6. The summed E-state index contributed by atoms with van der Waals surface area (Å²) >= 11 is 0. The molecule has 2 atom stereocenters. The van der Waals surface area contributed by atoms with Crippen LogP contribution in [-0.2, 0) is 20.4 Å². The van der Waals surface area contributed by atoms with Gasteiger partial charge in [0.15, 0.2) is 11.5 Å². The Hall–Kier alpha value is -5.77. The molecule has 1 aliphatic rings. The number of aromatic nitrogens is 3. The van der Waals surface area contributed by atoms with Crippen molar-refractivity contribution in [3.8, 4) is 34.0 Å². The van der Waals surface area contributed by atoms with E-state index in [1.807, 2.05) is 67.6 Å². The van der Waals surface area contributed by atoms with Crippen molar-refractivity contribution in [2.24, 2.45) is 5.73 Å². The second kappa shape index (κ2) is 15.1. The predicted octanol–water partition coefficient (Wildman–Crippen LogP) is 8.79. The number of benzene rings is 2. The van der Waals surface area contributed by atoms with Crippen LogP contribution in [0.5, 0.6) is 11.5 Å². The summed E-state index contributed by atoms with van der Waals surface area (Å²) in [6, 6.07) is 25.3. The Balaban J connectivity index is 1.42. The fraction of sp³-hybridized carbons (Fsp3) is 0.326. The van der Waals surface area contributed by atoms with Gasteiger partial charge in [-0.3, -0.25) is 9.59 Å². The Morgan fingerprint density at radius 2 is 1.28 bits per heavy atom. The number of methoxy groups -OCH3 is 2. The van der Waals surface area contributed by atoms with E-state index >= 15 is 0 Å². The minimum atomic E-state index is -0.629. The summed E-state index contributed by atoms with van der Waals surface area (Å²) in [5.74, 6) is 0.856. The molecule has 6 N–H and O–H groups in total. The quantitative estimate of drug-likeness (QED) is 0.126. The number of nitrogens with two attached hydrogens (primary N) is 1. The van der Waals surface area contributed by atoms with E-state index in [4.69, 9.17) is 20.2 Å². The van der Waals surface area contributed by atoms with Crippen molar-refractivity contribution in [3.63, 3.8) is 0 Å². The van der Waals surface area contributed by atoms with Crippen LogP contribution >= 0.6 is 0 Å². The number of nitrogens with one attached hydrogen (secondary N) is 4. The smallest absolute Gasteiger partial charge is 0.224 e. The summed E-state index contributed by atoms with van der Waals surface area (Å²) < 4.78 is 11.8. The van der Waals surface area contributed by atoms with Crippen LogP contribution in [0.25, 0.3) is 22.5 Å². The lowest BCUT2D eigenvalue weighted by Gasteiger charge is -2.30. The number of nitrogens with zero attached hydrogens (tertiary/aromatic N) is 1. The SMILES string of the molecule is C/C=C(\N)C1(C)CCC(=O)Nc2cccc(c2OC)-c2cccc(n2)-c2cccc(c2OC)NC(=O)CCC(C)c2ccc([nH]2)C(C)(C)c2ccc1[nH]2. The molecule has 2 aromatic carbocycles. The maximum absolute atomic E-state index is 13.6. The highest BCUT2D eigenvalue weighted by Gasteiger charge is 2.34. The van der Waals surface area contributed by atoms with E-state index in [9.17, 15) is 9.59 Å². The Labute approximate surface area is 311 Å². The molecular weight excluding hydrogens is 665 g/mol. The van der Waals surface area contributed by atoms with Crippen molar-refractivity contribution in [2.75, 3.05) is 24.9 Å². The summed E-state index contributed by atoms with van der Waals surface area (Å²) in [5, 5.41) is 6.16. The van der Waals surface area contributed by atoms with E-state index in [-0.39, 0.29) is 24.2 Å². The van der Waals surface area contributed by atoms with Gasteiger partial charge in [0, 0.05) is 63.3 Å². The van der Waals surface area contributed by atoms with Crippen molar-refractivity contribution in [2.45, 2.75) is 77.0 Å². The van der Waals surface area contributed by atoms with Crippen molar-refractivity contribution >= 4 is 23.2 Å². The number of amides is 2. The predicted molar refractivity (Wildman–Crippen MR) is 211 cm³/mol. The standard InChI is InChI=1S/C43H50N6O4/c1-8-34(44)43(5)25-24-39(51)48-33-17-10-13-28(41(33)53-7)31-15-11-14-30(45-31)27-12-9-16-32(40(27)52-6)47-38(50)23-18-26(2)29-19-20-35(46-29)42(3,4)36-21-22-37(43)49-36/h8-17,19-22,26,46,49H,18,23-25,44H2,1-7H3,(H,47,50)(H,48,51)/b34-8-. The van der Waals surface area contributed by atoms with Gasteiger partial charge in [0.05, 0.1) is 37.0 Å². The van der Waals surface area contributed by atoms with Gasteiger partial charge in [0.25, 0.3) is 0 Å². The summed E-state index contributed by atoms with van der Waals surface area (Å²) in [4.78, 5) is 39.3. The number of para-hydroxylation sites is 2. The maximum atomic E-state index is 13.6. The van der Waals surface area contributed by atoms with Gasteiger partial charge >= 0.3 is 0 Å². The van der Waals surface area contributed by atoms with Gasteiger partial charge in [-0.25, -0.2) is 4.98 Å². The van der Waals surface area contributed by atoms with E-state index in [0.717, 1.165) is 28.3 Å². The normalized spacial score (nSPS) is 19.5. The van der Waals surface area contributed by atoms with Crippen LogP contribution in [-0.4, -0.2) is 41.0 Å². The lowest BCUT2D eigenvalue weighted by molar-refractivity contribution is -0.117. The summed E-state index contributed by atoms with van der Waals surface area (Å²) in [5.41, 5.74) is 14.3. The van der Waals surface area contributed by atoms with Gasteiger partial charge in [-0.05, 0) is 107 Å². The lowest BCUT2D eigenvalue weighted by atomic mass is 9.79. The zero-order chi connectivity index (χ0) is 37.9. The number of ether oxygens (including phenoxy) is 2. The van der Waals surface area contributed by atoms with Crippen molar-refractivity contribution in [1.82, 2.24) is 15.0 Å². The monoisotopic (exact) mass is 714 g/mol. The molecule has 2 unspecified atom stereocenters. The molecule has 276 valence electrons. The number of fused-ring (bicyclic) bond motifs is 12. The number of allylic oxidation sites excluding steroid dienone is 2. The average Bonchev–Trinajstić information content (AvgIpc) is 3.88. The van der Waals surface area contributed by atoms with Crippen LogP contribution in [0.4, 0.5) is 11.4 Å². The van der Waals surface area contributed by atoms with Crippen molar-refractivity contribution < 1.29 is 19.1 Å². The molecule has 0 fully saturated rings.